The second kappa shape index (κ2) is 8.52. The molecule has 0 atom stereocenters. The number of benzene rings is 2. The van der Waals surface area contributed by atoms with E-state index in [2.05, 4.69) is 10.3 Å². The van der Waals surface area contributed by atoms with Crippen LogP contribution >= 0.6 is 0 Å². The van der Waals surface area contributed by atoms with Gasteiger partial charge in [-0.1, -0.05) is 37.3 Å². The summed E-state index contributed by atoms with van der Waals surface area (Å²) < 4.78 is 10.5. The van der Waals surface area contributed by atoms with Crippen molar-refractivity contribution in [3.8, 4) is 5.75 Å². The number of methoxy groups -OCH3 is 1. The molecule has 3 rings (SSSR count). The fourth-order valence-corrected chi connectivity index (χ4v) is 3.10. The minimum Gasteiger partial charge on any atom is -0.495 e. The number of carbonyl (C=O) groups is 2. The number of fused-ring (bicyclic) bond motifs is 1. The van der Waals surface area contributed by atoms with Gasteiger partial charge in [0.2, 0.25) is 0 Å². The van der Waals surface area contributed by atoms with E-state index in [9.17, 15) is 9.59 Å². The molecule has 1 N–H and O–H groups in total. The van der Waals surface area contributed by atoms with E-state index < -0.39 is 18.5 Å². The number of para-hydroxylation sites is 3. The molecule has 0 unspecified atom stereocenters. The van der Waals surface area contributed by atoms with E-state index in [1.54, 1.807) is 24.3 Å². The van der Waals surface area contributed by atoms with Crippen LogP contribution in [0, 0.1) is 6.92 Å². The SMILES string of the molecule is CCc1nc2ccccc2c(C(=O)OCC(=O)Nc2ccccc2OC)c1C. The monoisotopic (exact) mass is 378 g/mol. The van der Waals surface area contributed by atoms with Crippen molar-refractivity contribution in [3.05, 3.63) is 65.4 Å². The lowest BCUT2D eigenvalue weighted by atomic mass is 10.0. The largest absolute Gasteiger partial charge is 0.495 e. The Morgan fingerprint density at radius 2 is 1.79 bits per heavy atom. The van der Waals surface area contributed by atoms with E-state index >= 15 is 0 Å². The molecule has 6 heteroatoms. The zero-order chi connectivity index (χ0) is 20.1. The zero-order valence-electron chi connectivity index (χ0n) is 16.1. The summed E-state index contributed by atoms with van der Waals surface area (Å²) in [6.45, 7) is 3.44. The Morgan fingerprint density at radius 1 is 1.07 bits per heavy atom. The van der Waals surface area contributed by atoms with Crippen LogP contribution in [0.1, 0.15) is 28.5 Å². The van der Waals surface area contributed by atoms with Crippen molar-refractivity contribution >= 4 is 28.5 Å². The van der Waals surface area contributed by atoms with Gasteiger partial charge in [-0.15, -0.1) is 0 Å². The van der Waals surface area contributed by atoms with Crippen LogP contribution in [0.2, 0.25) is 0 Å². The van der Waals surface area contributed by atoms with Crippen LogP contribution in [0.3, 0.4) is 0 Å². The average molecular weight is 378 g/mol. The van der Waals surface area contributed by atoms with Crippen molar-refractivity contribution in [1.82, 2.24) is 4.98 Å². The second-order valence-corrected chi connectivity index (χ2v) is 6.25. The number of aromatic nitrogens is 1. The molecule has 1 amide bonds. The molecule has 144 valence electrons. The molecule has 2 aromatic carbocycles. The molecule has 0 saturated carbocycles. The van der Waals surface area contributed by atoms with Crippen molar-refractivity contribution in [1.29, 1.82) is 0 Å². The molecule has 0 aliphatic rings. The predicted octanol–water partition coefficient (Wildman–Crippen LogP) is 3.91. The van der Waals surface area contributed by atoms with Crippen molar-refractivity contribution < 1.29 is 19.1 Å². The Labute approximate surface area is 163 Å². The summed E-state index contributed by atoms with van der Waals surface area (Å²) in [5.74, 6) is -0.448. The van der Waals surface area contributed by atoms with Gasteiger partial charge < -0.3 is 14.8 Å². The van der Waals surface area contributed by atoms with Gasteiger partial charge in [0.15, 0.2) is 6.61 Å². The van der Waals surface area contributed by atoms with Crippen LogP contribution in [0.4, 0.5) is 5.69 Å². The molecular formula is C22H22N2O4. The first-order valence-corrected chi connectivity index (χ1v) is 9.03. The van der Waals surface area contributed by atoms with Crippen molar-refractivity contribution in [2.24, 2.45) is 0 Å². The van der Waals surface area contributed by atoms with Gasteiger partial charge in [0.1, 0.15) is 5.75 Å². The zero-order valence-corrected chi connectivity index (χ0v) is 16.1. The lowest BCUT2D eigenvalue weighted by Crippen LogP contribution is -2.22. The van der Waals surface area contributed by atoms with Gasteiger partial charge in [-0.25, -0.2) is 4.79 Å². The minimum absolute atomic E-state index is 0.394. The molecule has 0 radical (unpaired) electrons. The number of anilines is 1. The molecule has 1 heterocycles. The number of hydrogen-bond donors (Lipinski definition) is 1. The standard InChI is InChI=1S/C22H22N2O4/c1-4-16-14(2)21(15-9-5-6-10-17(15)23-16)22(26)28-13-20(25)24-18-11-7-8-12-19(18)27-3/h5-12H,4,13H2,1-3H3,(H,24,25). The Kier molecular flexibility index (Phi) is 5.89. The van der Waals surface area contributed by atoms with Gasteiger partial charge in [-0.2, -0.15) is 0 Å². The summed E-state index contributed by atoms with van der Waals surface area (Å²) in [7, 11) is 1.52. The van der Waals surface area contributed by atoms with Crippen molar-refractivity contribution in [2.75, 3.05) is 19.0 Å². The van der Waals surface area contributed by atoms with Crippen LogP contribution in [0.15, 0.2) is 48.5 Å². The topological polar surface area (TPSA) is 77.5 Å². The van der Waals surface area contributed by atoms with Crippen LogP contribution < -0.4 is 10.1 Å². The Morgan fingerprint density at radius 3 is 2.54 bits per heavy atom. The average Bonchev–Trinajstić information content (AvgIpc) is 2.72. The number of ether oxygens (including phenoxy) is 2. The fraction of sp³-hybridized carbons (Fsp3) is 0.227. The summed E-state index contributed by atoms with van der Waals surface area (Å²) >= 11 is 0. The fourth-order valence-electron chi connectivity index (χ4n) is 3.10. The molecule has 0 bridgehead atoms. The summed E-state index contributed by atoms with van der Waals surface area (Å²) in [6, 6.07) is 14.5. The third kappa shape index (κ3) is 3.96. The first-order valence-electron chi connectivity index (χ1n) is 9.03. The molecule has 1 aromatic heterocycles. The van der Waals surface area contributed by atoms with E-state index in [1.165, 1.54) is 7.11 Å². The summed E-state index contributed by atoms with van der Waals surface area (Å²) in [5, 5.41) is 3.40. The highest BCUT2D eigenvalue weighted by Crippen LogP contribution is 2.25. The van der Waals surface area contributed by atoms with E-state index in [0.717, 1.165) is 16.8 Å². The highest BCUT2D eigenvalue weighted by Gasteiger charge is 2.19. The molecule has 6 nitrogen and oxygen atoms in total. The van der Waals surface area contributed by atoms with Crippen LogP contribution in [-0.2, 0) is 16.0 Å². The molecule has 28 heavy (non-hydrogen) atoms. The highest BCUT2D eigenvalue weighted by molar-refractivity contribution is 6.06. The Bertz CT molecular complexity index is 1030. The maximum atomic E-state index is 12.8. The Hall–Kier alpha value is -3.41. The highest BCUT2D eigenvalue weighted by atomic mass is 16.5. The maximum absolute atomic E-state index is 12.8. The predicted molar refractivity (Wildman–Crippen MR) is 108 cm³/mol. The minimum atomic E-state index is -0.541. The molecule has 0 spiro atoms. The van der Waals surface area contributed by atoms with E-state index in [-0.39, 0.29) is 0 Å². The number of amides is 1. The first kappa shape index (κ1) is 19.4. The number of pyridine rings is 1. The maximum Gasteiger partial charge on any atom is 0.339 e. The number of aryl methyl sites for hydroxylation is 1. The smallest absolute Gasteiger partial charge is 0.339 e. The second-order valence-electron chi connectivity index (χ2n) is 6.25. The molecule has 3 aromatic rings. The number of nitrogens with zero attached hydrogens (tertiary/aromatic N) is 1. The van der Waals surface area contributed by atoms with E-state index in [1.807, 2.05) is 38.1 Å². The van der Waals surface area contributed by atoms with Crippen LogP contribution in [-0.4, -0.2) is 30.6 Å². The number of nitrogens with one attached hydrogen (secondary N) is 1. The van der Waals surface area contributed by atoms with Gasteiger partial charge in [-0.3, -0.25) is 9.78 Å². The van der Waals surface area contributed by atoms with Gasteiger partial charge in [0.25, 0.3) is 5.91 Å². The first-order chi connectivity index (χ1) is 13.5. The normalized spacial score (nSPS) is 10.5. The lowest BCUT2D eigenvalue weighted by molar-refractivity contribution is -0.119. The van der Waals surface area contributed by atoms with E-state index in [0.29, 0.717) is 28.8 Å². The summed E-state index contributed by atoms with van der Waals surface area (Å²) in [4.78, 5) is 29.6. The third-order valence-electron chi connectivity index (χ3n) is 4.49. The molecule has 0 aliphatic carbocycles. The lowest BCUT2D eigenvalue weighted by Gasteiger charge is -2.13. The van der Waals surface area contributed by atoms with Crippen LogP contribution in [0.5, 0.6) is 5.75 Å². The quantitative estimate of drug-likeness (QED) is 0.658. The number of hydrogen-bond acceptors (Lipinski definition) is 5. The Balaban J connectivity index is 1.78. The number of rotatable bonds is 6. The van der Waals surface area contributed by atoms with Crippen molar-refractivity contribution in [2.45, 2.75) is 20.3 Å². The van der Waals surface area contributed by atoms with Gasteiger partial charge >= 0.3 is 5.97 Å². The molecule has 0 saturated heterocycles. The van der Waals surface area contributed by atoms with Crippen LogP contribution in [0.25, 0.3) is 10.9 Å². The van der Waals surface area contributed by atoms with E-state index in [4.69, 9.17) is 9.47 Å². The van der Waals surface area contributed by atoms with Gasteiger partial charge in [-0.05, 0) is 37.1 Å². The van der Waals surface area contributed by atoms with Gasteiger partial charge in [0, 0.05) is 11.1 Å². The molecular weight excluding hydrogens is 356 g/mol. The molecule has 0 fully saturated rings. The number of carbonyl (C=O) groups excluding carboxylic acids is 2. The summed E-state index contributed by atoms with van der Waals surface area (Å²) in [6.07, 6.45) is 0.700. The number of esters is 1. The third-order valence-corrected chi connectivity index (χ3v) is 4.49. The van der Waals surface area contributed by atoms with Gasteiger partial charge in [0.05, 0.1) is 23.9 Å². The summed E-state index contributed by atoms with van der Waals surface area (Å²) in [5.41, 5.74) is 3.31. The van der Waals surface area contributed by atoms with Crippen molar-refractivity contribution in [3.63, 3.8) is 0 Å². The molecule has 0 aliphatic heterocycles.